The van der Waals surface area contributed by atoms with Gasteiger partial charge in [-0.2, -0.15) is 0 Å². The van der Waals surface area contributed by atoms with E-state index in [0.717, 1.165) is 10.3 Å². The third-order valence-electron chi connectivity index (χ3n) is 2.47. The number of nitrogens with one attached hydrogen (secondary N) is 1. The van der Waals surface area contributed by atoms with E-state index >= 15 is 0 Å². The van der Waals surface area contributed by atoms with E-state index in [2.05, 4.69) is 59.0 Å². The van der Waals surface area contributed by atoms with Gasteiger partial charge in [-0.25, -0.2) is 0 Å². The number of aryl methyl sites for hydroxylation is 2. The molecule has 1 aromatic heterocycles. The Labute approximate surface area is 92.3 Å². The van der Waals surface area contributed by atoms with E-state index in [0.29, 0.717) is 0 Å². The number of halogens is 1. The van der Waals surface area contributed by atoms with Crippen LogP contribution in [-0.2, 0) is 0 Å². The van der Waals surface area contributed by atoms with Crippen LogP contribution in [0, 0.1) is 13.8 Å². The molecule has 2 aromatic rings. The average Bonchev–Trinajstić information content (AvgIpc) is 2.57. The molecule has 0 atom stereocenters. The van der Waals surface area contributed by atoms with Crippen molar-refractivity contribution in [2.24, 2.45) is 0 Å². The van der Waals surface area contributed by atoms with Gasteiger partial charge in [0.15, 0.2) is 0 Å². The lowest BCUT2D eigenvalue weighted by atomic mass is 10.0. The van der Waals surface area contributed by atoms with Crippen molar-refractivity contribution in [1.82, 2.24) is 4.98 Å². The molecule has 1 N–H and O–H groups in total. The molecular weight excluding hydrogens is 238 g/mol. The number of rotatable bonds is 1. The first-order valence-electron chi connectivity index (χ1n) is 4.59. The largest absolute Gasteiger partial charge is 0.349 e. The quantitative estimate of drug-likeness (QED) is 0.785. The Bertz CT molecular complexity index is 457. The van der Waals surface area contributed by atoms with Crippen LogP contribution in [0.3, 0.4) is 0 Å². The molecule has 0 aliphatic heterocycles. The number of benzene rings is 1. The van der Waals surface area contributed by atoms with Crippen LogP contribution in [0.25, 0.3) is 11.3 Å². The Hall–Kier alpha value is -1.02. The molecule has 0 amide bonds. The van der Waals surface area contributed by atoms with Gasteiger partial charge in [0.25, 0.3) is 0 Å². The van der Waals surface area contributed by atoms with E-state index < -0.39 is 0 Å². The highest BCUT2D eigenvalue weighted by Crippen LogP contribution is 2.22. The van der Waals surface area contributed by atoms with Crippen molar-refractivity contribution in [2.45, 2.75) is 13.8 Å². The molecule has 0 aliphatic rings. The number of H-pyrrole nitrogens is 1. The molecular formula is C12H12BrN. The van der Waals surface area contributed by atoms with Crippen molar-refractivity contribution in [2.75, 3.05) is 0 Å². The zero-order valence-corrected chi connectivity index (χ0v) is 9.85. The third kappa shape index (κ3) is 1.75. The second-order valence-electron chi connectivity index (χ2n) is 3.52. The van der Waals surface area contributed by atoms with Crippen molar-refractivity contribution in [3.05, 3.63) is 46.1 Å². The number of aromatic nitrogens is 1. The summed E-state index contributed by atoms with van der Waals surface area (Å²) in [4.78, 5) is 3.26. The highest BCUT2D eigenvalue weighted by molar-refractivity contribution is 9.10. The molecule has 0 saturated carbocycles. The summed E-state index contributed by atoms with van der Waals surface area (Å²) in [5, 5.41) is 0. The lowest BCUT2D eigenvalue weighted by molar-refractivity contribution is 1.31. The lowest BCUT2D eigenvalue weighted by Gasteiger charge is -2.03. The van der Waals surface area contributed by atoms with E-state index in [1.807, 2.05) is 6.07 Å². The summed E-state index contributed by atoms with van der Waals surface area (Å²) >= 11 is 3.41. The molecule has 1 heterocycles. The Morgan fingerprint density at radius 2 is 1.79 bits per heavy atom. The summed E-state index contributed by atoms with van der Waals surface area (Å²) in [6, 6.07) is 10.6. The molecule has 0 unspecified atom stereocenters. The van der Waals surface area contributed by atoms with Crippen LogP contribution in [0.5, 0.6) is 0 Å². The van der Waals surface area contributed by atoms with Gasteiger partial charge < -0.3 is 4.98 Å². The van der Waals surface area contributed by atoms with E-state index in [9.17, 15) is 0 Å². The summed E-state index contributed by atoms with van der Waals surface area (Å²) < 4.78 is 1.02. The monoisotopic (exact) mass is 249 g/mol. The number of hydrogen-bond acceptors (Lipinski definition) is 0. The lowest BCUT2D eigenvalue weighted by Crippen LogP contribution is -1.83. The molecule has 72 valence electrons. The zero-order valence-electron chi connectivity index (χ0n) is 8.26. The van der Waals surface area contributed by atoms with Gasteiger partial charge in [0.1, 0.15) is 0 Å². The van der Waals surface area contributed by atoms with Crippen LogP contribution in [0.4, 0.5) is 0 Å². The van der Waals surface area contributed by atoms with E-state index in [-0.39, 0.29) is 0 Å². The molecule has 1 nitrogen and oxygen atoms in total. The number of hydrogen-bond donors (Lipinski definition) is 1. The second-order valence-corrected chi connectivity index (χ2v) is 4.37. The summed E-state index contributed by atoms with van der Waals surface area (Å²) in [7, 11) is 0. The normalized spacial score (nSPS) is 10.5. The molecule has 14 heavy (non-hydrogen) atoms. The first kappa shape index (κ1) is 9.53. The van der Waals surface area contributed by atoms with Crippen molar-refractivity contribution < 1.29 is 0 Å². The predicted molar refractivity (Wildman–Crippen MR) is 63.4 cm³/mol. The fourth-order valence-corrected chi connectivity index (χ4v) is 1.79. The van der Waals surface area contributed by atoms with Gasteiger partial charge in [0, 0.05) is 5.69 Å². The van der Waals surface area contributed by atoms with Crippen molar-refractivity contribution in [3.8, 4) is 11.3 Å². The van der Waals surface area contributed by atoms with Crippen LogP contribution in [-0.4, -0.2) is 4.98 Å². The minimum absolute atomic E-state index is 1.02. The number of aromatic amines is 1. The fraction of sp³-hybridized carbons (Fsp3) is 0.167. The maximum absolute atomic E-state index is 3.41. The Balaban J connectivity index is 2.47. The van der Waals surface area contributed by atoms with Gasteiger partial charge in [-0.1, -0.05) is 12.1 Å². The highest BCUT2D eigenvalue weighted by atomic mass is 79.9. The molecule has 0 bridgehead atoms. The van der Waals surface area contributed by atoms with Gasteiger partial charge in [0.2, 0.25) is 0 Å². The first-order valence-corrected chi connectivity index (χ1v) is 5.38. The molecule has 0 fully saturated rings. The topological polar surface area (TPSA) is 15.8 Å². The molecule has 0 saturated heterocycles. The molecule has 2 heteroatoms. The van der Waals surface area contributed by atoms with E-state index in [4.69, 9.17) is 0 Å². The summed E-state index contributed by atoms with van der Waals surface area (Å²) in [5.74, 6) is 0. The molecule has 2 rings (SSSR count). The van der Waals surface area contributed by atoms with Crippen molar-refractivity contribution in [3.63, 3.8) is 0 Å². The van der Waals surface area contributed by atoms with Crippen LogP contribution in [0.2, 0.25) is 0 Å². The van der Waals surface area contributed by atoms with Crippen molar-refractivity contribution in [1.29, 1.82) is 0 Å². The van der Waals surface area contributed by atoms with Crippen LogP contribution in [0.15, 0.2) is 34.9 Å². The van der Waals surface area contributed by atoms with Gasteiger partial charge in [-0.15, -0.1) is 0 Å². The smallest absolute Gasteiger partial charge is 0.0824 e. The van der Waals surface area contributed by atoms with E-state index in [1.54, 1.807) is 0 Å². The highest BCUT2D eigenvalue weighted by Gasteiger charge is 2.01. The third-order valence-corrected chi connectivity index (χ3v) is 2.93. The first-order chi connectivity index (χ1) is 6.66. The minimum Gasteiger partial charge on any atom is -0.349 e. The Kier molecular flexibility index (Phi) is 2.46. The van der Waals surface area contributed by atoms with Gasteiger partial charge in [-0.05, 0) is 64.7 Å². The fourth-order valence-electron chi connectivity index (χ4n) is 1.45. The predicted octanol–water partition coefficient (Wildman–Crippen LogP) is 4.06. The maximum Gasteiger partial charge on any atom is 0.0824 e. The van der Waals surface area contributed by atoms with Crippen LogP contribution < -0.4 is 0 Å². The minimum atomic E-state index is 1.02. The summed E-state index contributed by atoms with van der Waals surface area (Å²) in [6.45, 7) is 4.26. The summed E-state index contributed by atoms with van der Waals surface area (Å²) in [5.41, 5.74) is 5.05. The van der Waals surface area contributed by atoms with Crippen LogP contribution in [0.1, 0.15) is 11.1 Å². The second kappa shape index (κ2) is 3.62. The van der Waals surface area contributed by atoms with Crippen LogP contribution >= 0.6 is 15.9 Å². The Morgan fingerprint density at radius 3 is 2.36 bits per heavy atom. The molecule has 0 aliphatic carbocycles. The van der Waals surface area contributed by atoms with Gasteiger partial charge >= 0.3 is 0 Å². The van der Waals surface area contributed by atoms with Crippen molar-refractivity contribution >= 4 is 15.9 Å². The van der Waals surface area contributed by atoms with Gasteiger partial charge in [0.05, 0.1) is 4.60 Å². The Morgan fingerprint density at radius 1 is 1.00 bits per heavy atom. The average molecular weight is 250 g/mol. The molecule has 1 aromatic carbocycles. The van der Waals surface area contributed by atoms with E-state index in [1.165, 1.54) is 16.7 Å². The maximum atomic E-state index is 3.41. The molecule has 0 spiro atoms. The zero-order chi connectivity index (χ0) is 10.1. The SMILES string of the molecule is Cc1ccc(-c2ccc(Br)[nH]2)cc1C. The van der Waals surface area contributed by atoms with Gasteiger partial charge in [-0.3, -0.25) is 0 Å². The standard InChI is InChI=1S/C12H12BrN/c1-8-3-4-10(7-9(8)2)11-5-6-12(13)14-11/h3-7,14H,1-2H3. The summed E-state index contributed by atoms with van der Waals surface area (Å²) in [6.07, 6.45) is 0. The molecule has 0 radical (unpaired) electrons.